The van der Waals surface area contributed by atoms with E-state index in [0.29, 0.717) is 41.7 Å². The van der Waals surface area contributed by atoms with Crippen molar-refractivity contribution in [3.63, 3.8) is 0 Å². The summed E-state index contributed by atoms with van der Waals surface area (Å²) < 4.78 is 26.9. The number of fused-ring (bicyclic) bond motifs is 5. The summed E-state index contributed by atoms with van der Waals surface area (Å²) in [5.74, 6) is -3.48. The van der Waals surface area contributed by atoms with Gasteiger partial charge >= 0.3 is 5.97 Å². The molecular formula is C41H48FN7O9. The molecule has 0 saturated heterocycles. The fraction of sp³-hybridized carbons (Fsp3) is 0.390. The van der Waals surface area contributed by atoms with Crippen LogP contribution in [0.2, 0.25) is 0 Å². The molecule has 0 saturated carbocycles. The van der Waals surface area contributed by atoms with E-state index in [2.05, 4.69) is 21.3 Å². The minimum absolute atomic E-state index is 0.118. The highest BCUT2D eigenvalue weighted by molar-refractivity contribution is 5.92. The molecule has 17 heteroatoms. The molecule has 2 aliphatic heterocycles. The van der Waals surface area contributed by atoms with Crippen LogP contribution < -0.4 is 32.6 Å². The van der Waals surface area contributed by atoms with Crippen LogP contribution in [0.5, 0.6) is 0 Å². The number of aryl methyl sites for hydroxylation is 2. The fourth-order valence-electron chi connectivity index (χ4n) is 6.74. The van der Waals surface area contributed by atoms with Gasteiger partial charge in [0, 0.05) is 35.6 Å². The summed E-state index contributed by atoms with van der Waals surface area (Å²) in [5, 5.41) is 21.3. The number of ether oxygens (including phenoxy) is 2. The smallest absolute Gasteiger partial charge is 0.340 e. The van der Waals surface area contributed by atoms with Crippen molar-refractivity contribution < 1.29 is 42.9 Å². The number of carbonyl (C=O) groups is 5. The zero-order chi connectivity index (χ0) is 41.9. The van der Waals surface area contributed by atoms with Crippen LogP contribution in [0, 0.1) is 12.7 Å². The fourth-order valence-corrected chi connectivity index (χ4v) is 6.74. The number of esters is 1. The first-order valence-corrected chi connectivity index (χ1v) is 19.1. The maximum Gasteiger partial charge on any atom is 0.340 e. The molecule has 2 atom stereocenters. The normalized spacial score (nSPS) is 14.2. The van der Waals surface area contributed by atoms with Gasteiger partial charge in [-0.1, -0.05) is 44.2 Å². The Morgan fingerprint density at radius 3 is 2.48 bits per heavy atom. The number of aromatic nitrogens is 2. The van der Waals surface area contributed by atoms with Gasteiger partial charge in [0.1, 0.15) is 25.2 Å². The van der Waals surface area contributed by atoms with Crippen LogP contribution in [-0.2, 0) is 59.4 Å². The molecule has 2 aromatic heterocycles. The predicted octanol–water partition coefficient (Wildman–Crippen LogP) is 1.32. The minimum Gasteiger partial charge on any atom is -0.458 e. The van der Waals surface area contributed by atoms with E-state index in [1.807, 2.05) is 19.9 Å². The molecule has 0 fully saturated rings. The van der Waals surface area contributed by atoms with Gasteiger partial charge in [0.05, 0.1) is 48.6 Å². The van der Waals surface area contributed by atoms with E-state index < -0.39 is 53.1 Å². The van der Waals surface area contributed by atoms with Gasteiger partial charge in [-0.05, 0) is 55.0 Å². The standard InChI is InChI=1S/C39H42FN7O9.C2H6/c1-21-11-24-23(26-18-47-31(35(26)46-29(24)14-28(21)40)13-25-27(38(47)53)19-56-39(54)36(25)51)9-5-6-10-55-20-44-33(49)16-43-37(52)30(12-22-7-3-2-4-8-22)45-34(50)17-42-32(48)15-41;1-2/h2-4,7-8,11,13-14,30,36,51H,5-6,9-10,12,15-20,41H2,1H3,(H,42,48)(H,43,52)(H,44,49)(H,45,50);1-2H3. The number of pyridine rings is 2. The van der Waals surface area contributed by atoms with Gasteiger partial charge in [-0.15, -0.1) is 0 Å². The Balaban J connectivity index is 0.00000315. The molecule has 0 spiro atoms. The summed E-state index contributed by atoms with van der Waals surface area (Å²) in [5.41, 5.74) is 9.49. The average molecular weight is 802 g/mol. The Morgan fingerprint density at radius 1 is 1.00 bits per heavy atom. The number of halogens is 1. The summed E-state index contributed by atoms with van der Waals surface area (Å²) in [7, 11) is 0. The molecule has 2 aromatic carbocycles. The predicted molar refractivity (Wildman–Crippen MR) is 210 cm³/mol. The van der Waals surface area contributed by atoms with E-state index in [4.69, 9.17) is 20.2 Å². The van der Waals surface area contributed by atoms with Crippen molar-refractivity contribution in [2.24, 2.45) is 5.73 Å². The molecule has 2 aliphatic rings. The molecular weight excluding hydrogens is 753 g/mol. The largest absolute Gasteiger partial charge is 0.458 e. The van der Waals surface area contributed by atoms with Gasteiger partial charge in [-0.25, -0.2) is 14.2 Å². The molecule has 4 amide bonds. The lowest BCUT2D eigenvalue weighted by Crippen LogP contribution is -2.52. The molecule has 0 aliphatic carbocycles. The number of nitrogens with one attached hydrogen (secondary N) is 4. The number of hydrogen-bond acceptors (Lipinski definition) is 11. The Bertz CT molecular complexity index is 2250. The maximum absolute atomic E-state index is 14.7. The number of carbonyl (C=O) groups excluding carboxylic acids is 5. The number of aliphatic hydroxyl groups is 1. The van der Waals surface area contributed by atoms with E-state index in [1.165, 1.54) is 10.6 Å². The zero-order valence-electron chi connectivity index (χ0n) is 32.6. The number of nitrogens with zero attached hydrogens (tertiary/aromatic N) is 2. The highest BCUT2D eigenvalue weighted by atomic mass is 19.1. The first kappa shape index (κ1) is 43.1. The highest BCUT2D eigenvalue weighted by Crippen LogP contribution is 2.39. The van der Waals surface area contributed by atoms with Gasteiger partial charge in [-0.3, -0.25) is 24.0 Å². The van der Waals surface area contributed by atoms with Crippen LogP contribution in [0.3, 0.4) is 0 Å². The van der Waals surface area contributed by atoms with Gasteiger partial charge in [0.15, 0.2) is 6.10 Å². The van der Waals surface area contributed by atoms with Crippen molar-refractivity contribution in [1.82, 2.24) is 30.8 Å². The van der Waals surface area contributed by atoms with Crippen LogP contribution in [0.25, 0.3) is 22.3 Å². The van der Waals surface area contributed by atoms with Crippen LogP contribution in [0.4, 0.5) is 4.39 Å². The van der Waals surface area contributed by atoms with E-state index in [1.54, 1.807) is 43.3 Å². The minimum atomic E-state index is -1.59. The van der Waals surface area contributed by atoms with Crippen LogP contribution in [0.1, 0.15) is 66.2 Å². The summed E-state index contributed by atoms with van der Waals surface area (Å²) in [6.45, 7) is 4.78. The van der Waals surface area contributed by atoms with Crippen molar-refractivity contribution in [3.8, 4) is 11.4 Å². The van der Waals surface area contributed by atoms with Crippen molar-refractivity contribution >= 4 is 40.5 Å². The number of rotatable bonds is 16. The highest BCUT2D eigenvalue weighted by Gasteiger charge is 2.35. The summed E-state index contributed by atoms with van der Waals surface area (Å²) in [6, 6.07) is 12.7. The summed E-state index contributed by atoms with van der Waals surface area (Å²) in [4.78, 5) is 79.6. The van der Waals surface area contributed by atoms with Crippen LogP contribution >= 0.6 is 0 Å². The number of nitrogens with two attached hydrogens (primary N) is 1. The first-order chi connectivity index (χ1) is 27.9. The van der Waals surface area contributed by atoms with Gasteiger partial charge in [0.25, 0.3) is 5.56 Å². The lowest BCUT2D eigenvalue weighted by molar-refractivity contribution is -0.157. The second-order valence-corrected chi connectivity index (χ2v) is 13.5. The lowest BCUT2D eigenvalue weighted by Gasteiger charge is -2.21. The van der Waals surface area contributed by atoms with Crippen molar-refractivity contribution in [1.29, 1.82) is 0 Å². The number of amides is 4. The van der Waals surface area contributed by atoms with E-state index in [9.17, 15) is 38.3 Å². The van der Waals surface area contributed by atoms with Crippen molar-refractivity contribution in [2.45, 2.75) is 71.8 Å². The van der Waals surface area contributed by atoms with Crippen molar-refractivity contribution in [3.05, 3.63) is 98.1 Å². The Kier molecular flexibility index (Phi) is 14.8. The van der Waals surface area contributed by atoms with Crippen molar-refractivity contribution in [2.75, 3.05) is 33.0 Å². The van der Waals surface area contributed by atoms with E-state index in [0.717, 1.165) is 22.1 Å². The zero-order valence-corrected chi connectivity index (χ0v) is 32.6. The molecule has 4 aromatic rings. The third kappa shape index (κ3) is 10.1. The van der Waals surface area contributed by atoms with Crippen LogP contribution in [0.15, 0.2) is 53.3 Å². The second-order valence-electron chi connectivity index (χ2n) is 13.5. The molecule has 58 heavy (non-hydrogen) atoms. The van der Waals surface area contributed by atoms with Crippen LogP contribution in [-0.4, -0.2) is 83.3 Å². The molecule has 0 radical (unpaired) electrons. The number of benzene rings is 2. The van der Waals surface area contributed by atoms with Gasteiger partial charge in [-0.2, -0.15) is 0 Å². The van der Waals surface area contributed by atoms with E-state index >= 15 is 0 Å². The van der Waals surface area contributed by atoms with Gasteiger partial charge < -0.3 is 46.1 Å². The molecule has 16 nitrogen and oxygen atoms in total. The molecule has 4 heterocycles. The Labute approximate surface area is 333 Å². The van der Waals surface area contributed by atoms with E-state index in [-0.39, 0.29) is 63.7 Å². The number of unbranched alkanes of at least 4 members (excludes halogenated alkanes) is 1. The maximum atomic E-state index is 14.7. The first-order valence-electron chi connectivity index (χ1n) is 19.1. The molecule has 2 unspecified atom stereocenters. The third-order valence-electron chi connectivity index (χ3n) is 9.68. The number of cyclic esters (lactones) is 1. The average Bonchev–Trinajstić information content (AvgIpc) is 3.59. The molecule has 6 rings (SSSR count). The third-order valence-corrected chi connectivity index (χ3v) is 9.68. The second kappa shape index (κ2) is 19.9. The number of aliphatic hydroxyl groups excluding tert-OH is 1. The molecule has 308 valence electrons. The number of hydrogen-bond donors (Lipinski definition) is 6. The lowest BCUT2D eigenvalue weighted by atomic mass is 9.94. The Hall–Kier alpha value is -6.04. The molecule has 0 bridgehead atoms. The Morgan fingerprint density at radius 2 is 1.74 bits per heavy atom. The van der Waals surface area contributed by atoms with Gasteiger partial charge in [0.2, 0.25) is 23.6 Å². The monoisotopic (exact) mass is 801 g/mol. The SMILES string of the molecule is CC.Cc1cc2c(CCCCOCNC(=O)CNC(=O)C(Cc3ccccc3)NC(=O)CNC(=O)CN)c3c(nc2cc1F)-c1cc2c(c(=O)n1C3)COC(=O)C2O. The quantitative estimate of drug-likeness (QED) is 0.0473. The summed E-state index contributed by atoms with van der Waals surface area (Å²) >= 11 is 0. The summed E-state index contributed by atoms with van der Waals surface area (Å²) in [6.07, 6.45) is 0.328. The topological polar surface area (TPSA) is 233 Å². The molecule has 7 N–H and O–H groups in total.